The molecule has 0 spiro atoms. The van der Waals surface area contributed by atoms with Gasteiger partial charge in [-0.05, 0) is 42.3 Å². The number of benzene rings is 1. The summed E-state index contributed by atoms with van der Waals surface area (Å²) in [4.78, 5) is 6.39. The third kappa shape index (κ3) is 2.74. The number of anilines is 1. The first-order chi connectivity index (χ1) is 10.3. The Morgan fingerprint density at radius 1 is 1.33 bits per heavy atom. The molecule has 2 N–H and O–H groups in total. The monoisotopic (exact) mass is 278 g/mol. The van der Waals surface area contributed by atoms with Crippen molar-refractivity contribution in [3.05, 3.63) is 59.4 Å². The molecule has 0 bridgehead atoms. The van der Waals surface area contributed by atoms with E-state index < -0.39 is 0 Å². The molecule has 1 aliphatic heterocycles. The van der Waals surface area contributed by atoms with Gasteiger partial charge in [-0.2, -0.15) is 5.26 Å². The topological polar surface area (TPSA) is 65.9 Å². The highest BCUT2D eigenvalue weighted by molar-refractivity contribution is 5.60. The zero-order valence-corrected chi connectivity index (χ0v) is 11.9. The molecule has 3 rings (SSSR count). The summed E-state index contributed by atoms with van der Waals surface area (Å²) >= 11 is 0. The van der Waals surface area contributed by atoms with E-state index in [0.29, 0.717) is 18.2 Å². The number of rotatable bonds is 4. The van der Waals surface area contributed by atoms with Gasteiger partial charge >= 0.3 is 0 Å². The van der Waals surface area contributed by atoms with Gasteiger partial charge in [-0.1, -0.05) is 18.2 Å². The van der Waals surface area contributed by atoms with E-state index in [1.807, 2.05) is 12.1 Å². The van der Waals surface area contributed by atoms with Crippen LogP contribution in [-0.4, -0.2) is 18.1 Å². The van der Waals surface area contributed by atoms with Crippen molar-refractivity contribution in [3.8, 4) is 6.07 Å². The van der Waals surface area contributed by atoms with Gasteiger partial charge in [0.1, 0.15) is 11.8 Å². The number of hydrogen-bond donors (Lipinski definition) is 1. The van der Waals surface area contributed by atoms with Crippen LogP contribution in [0.2, 0.25) is 0 Å². The Hall–Kier alpha value is -2.38. The Kier molecular flexibility index (Phi) is 3.85. The van der Waals surface area contributed by atoms with Crippen molar-refractivity contribution in [1.29, 1.82) is 5.26 Å². The molecular weight excluding hydrogens is 260 g/mol. The summed E-state index contributed by atoms with van der Waals surface area (Å²) in [7, 11) is 0. The Morgan fingerprint density at radius 3 is 3.00 bits per heavy atom. The maximum absolute atomic E-state index is 8.95. The molecule has 4 heteroatoms. The van der Waals surface area contributed by atoms with Crippen molar-refractivity contribution >= 4 is 5.69 Å². The average Bonchev–Trinajstić information content (AvgIpc) is 2.86. The van der Waals surface area contributed by atoms with Crippen molar-refractivity contribution in [2.45, 2.75) is 18.9 Å². The minimum atomic E-state index is 0.471. The van der Waals surface area contributed by atoms with E-state index in [1.165, 1.54) is 11.3 Å². The second-order valence-corrected chi connectivity index (χ2v) is 5.37. The number of para-hydroxylation sites is 1. The van der Waals surface area contributed by atoms with E-state index in [0.717, 1.165) is 25.1 Å². The van der Waals surface area contributed by atoms with E-state index in [9.17, 15) is 0 Å². The van der Waals surface area contributed by atoms with Gasteiger partial charge in [-0.15, -0.1) is 0 Å². The van der Waals surface area contributed by atoms with Gasteiger partial charge in [0.2, 0.25) is 0 Å². The van der Waals surface area contributed by atoms with Crippen LogP contribution in [0, 0.1) is 11.3 Å². The standard InChI is InChI=1S/C17H18N4/c18-7-5-14-12-21(17-4-2-1-3-16(14)17)11-13-6-8-20-15(9-13)10-19/h1-4,6,8-9,14H,5,7,11-12,18H2. The number of aromatic nitrogens is 1. The molecule has 1 unspecified atom stereocenters. The number of nitrogens with zero attached hydrogens (tertiary/aromatic N) is 3. The fourth-order valence-electron chi connectivity index (χ4n) is 3.04. The average molecular weight is 278 g/mol. The molecule has 0 aliphatic carbocycles. The maximum atomic E-state index is 8.95. The summed E-state index contributed by atoms with van der Waals surface area (Å²) in [6.07, 6.45) is 2.71. The lowest BCUT2D eigenvalue weighted by atomic mass is 9.98. The molecule has 1 aromatic carbocycles. The van der Waals surface area contributed by atoms with Crippen molar-refractivity contribution in [2.24, 2.45) is 5.73 Å². The van der Waals surface area contributed by atoms with Crippen LogP contribution in [0.15, 0.2) is 42.6 Å². The molecule has 106 valence electrons. The minimum Gasteiger partial charge on any atom is -0.366 e. The van der Waals surface area contributed by atoms with Gasteiger partial charge in [0.15, 0.2) is 0 Å². The number of nitriles is 1. The SMILES string of the molecule is N#Cc1cc(CN2CC(CCN)c3ccccc32)ccn1. The van der Waals surface area contributed by atoms with E-state index in [-0.39, 0.29) is 0 Å². The molecule has 1 atom stereocenters. The molecule has 0 fully saturated rings. The summed E-state index contributed by atoms with van der Waals surface area (Å²) in [5.74, 6) is 0.503. The maximum Gasteiger partial charge on any atom is 0.140 e. The second-order valence-electron chi connectivity index (χ2n) is 5.37. The highest BCUT2D eigenvalue weighted by atomic mass is 15.2. The van der Waals surface area contributed by atoms with Crippen molar-refractivity contribution in [3.63, 3.8) is 0 Å². The molecule has 0 saturated carbocycles. The largest absolute Gasteiger partial charge is 0.366 e. The number of hydrogen-bond acceptors (Lipinski definition) is 4. The summed E-state index contributed by atoms with van der Waals surface area (Å²) < 4.78 is 0. The fourth-order valence-corrected chi connectivity index (χ4v) is 3.04. The first-order valence-electron chi connectivity index (χ1n) is 7.21. The van der Waals surface area contributed by atoms with E-state index in [2.05, 4.69) is 40.2 Å². The zero-order chi connectivity index (χ0) is 14.7. The second kappa shape index (κ2) is 5.94. The van der Waals surface area contributed by atoms with Crippen LogP contribution in [0.1, 0.15) is 29.2 Å². The van der Waals surface area contributed by atoms with Crippen LogP contribution in [0.5, 0.6) is 0 Å². The zero-order valence-electron chi connectivity index (χ0n) is 11.9. The molecule has 1 aromatic heterocycles. The molecule has 1 aliphatic rings. The molecule has 2 heterocycles. The molecule has 0 radical (unpaired) electrons. The predicted molar refractivity (Wildman–Crippen MR) is 82.9 cm³/mol. The number of fused-ring (bicyclic) bond motifs is 1. The molecule has 2 aromatic rings. The first kappa shape index (κ1) is 13.6. The van der Waals surface area contributed by atoms with Crippen LogP contribution in [-0.2, 0) is 6.54 Å². The van der Waals surface area contributed by atoms with Crippen molar-refractivity contribution in [2.75, 3.05) is 18.0 Å². The van der Waals surface area contributed by atoms with Gasteiger partial charge in [-0.3, -0.25) is 0 Å². The quantitative estimate of drug-likeness (QED) is 0.932. The third-order valence-electron chi connectivity index (χ3n) is 3.99. The summed E-state index contributed by atoms with van der Waals surface area (Å²) in [5, 5.41) is 8.95. The lowest BCUT2D eigenvalue weighted by molar-refractivity contribution is 0.644. The van der Waals surface area contributed by atoms with E-state index in [1.54, 1.807) is 6.20 Å². The van der Waals surface area contributed by atoms with Crippen molar-refractivity contribution in [1.82, 2.24) is 4.98 Å². The Bertz CT molecular complexity index is 674. The minimum absolute atomic E-state index is 0.471. The van der Waals surface area contributed by atoms with Crippen LogP contribution in [0.25, 0.3) is 0 Å². The Balaban J connectivity index is 1.85. The third-order valence-corrected chi connectivity index (χ3v) is 3.99. The van der Waals surface area contributed by atoms with Crippen LogP contribution in [0.3, 0.4) is 0 Å². The highest BCUT2D eigenvalue weighted by Gasteiger charge is 2.27. The summed E-state index contributed by atoms with van der Waals surface area (Å²) in [6.45, 7) is 2.50. The van der Waals surface area contributed by atoms with E-state index in [4.69, 9.17) is 11.0 Å². The van der Waals surface area contributed by atoms with E-state index >= 15 is 0 Å². The van der Waals surface area contributed by atoms with Gasteiger partial charge in [-0.25, -0.2) is 4.98 Å². The van der Waals surface area contributed by atoms with Gasteiger partial charge in [0, 0.05) is 30.9 Å². The molecule has 0 amide bonds. The van der Waals surface area contributed by atoms with Crippen LogP contribution in [0.4, 0.5) is 5.69 Å². The lowest BCUT2D eigenvalue weighted by Crippen LogP contribution is -2.22. The smallest absolute Gasteiger partial charge is 0.140 e. The van der Waals surface area contributed by atoms with Crippen LogP contribution >= 0.6 is 0 Å². The van der Waals surface area contributed by atoms with Crippen molar-refractivity contribution < 1.29 is 0 Å². The summed E-state index contributed by atoms with van der Waals surface area (Å²) in [6, 6.07) is 14.5. The molecular formula is C17H18N4. The normalized spacial score (nSPS) is 16.6. The van der Waals surface area contributed by atoms with Gasteiger partial charge in [0.05, 0.1) is 0 Å². The summed E-state index contributed by atoms with van der Waals surface area (Å²) in [5.41, 5.74) is 10.00. The molecule has 21 heavy (non-hydrogen) atoms. The number of pyridine rings is 1. The Morgan fingerprint density at radius 2 is 2.19 bits per heavy atom. The molecule has 0 saturated heterocycles. The van der Waals surface area contributed by atoms with Gasteiger partial charge in [0.25, 0.3) is 0 Å². The predicted octanol–water partition coefficient (Wildman–Crippen LogP) is 2.41. The van der Waals surface area contributed by atoms with Crippen LogP contribution < -0.4 is 10.6 Å². The lowest BCUT2D eigenvalue weighted by Gasteiger charge is -2.20. The fraction of sp³-hybridized carbons (Fsp3) is 0.294. The number of nitrogens with two attached hydrogens (primary N) is 1. The van der Waals surface area contributed by atoms with Gasteiger partial charge < -0.3 is 10.6 Å². The Labute approximate surface area is 124 Å². The first-order valence-corrected chi connectivity index (χ1v) is 7.21. The highest BCUT2D eigenvalue weighted by Crippen LogP contribution is 2.38. The molecule has 4 nitrogen and oxygen atoms in total.